The third-order valence-electron chi connectivity index (χ3n) is 3.50. The van der Waals surface area contributed by atoms with Crippen LogP contribution in [0.5, 0.6) is 17.2 Å². The lowest BCUT2D eigenvalue weighted by Crippen LogP contribution is -2.00. The summed E-state index contributed by atoms with van der Waals surface area (Å²) in [5.41, 5.74) is 0.758. The molecule has 0 amide bonds. The molecule has 0 aliphatic rings. The molecular weight excluding hydrogens is 456 g/mol. The summed E-state index contributed by atoms with van der Waals surface area (Å²) in [4.78, 5) is 0. The quantitative estimate of drug-likeness (QED) is 0.324. The van der Waals surface area contributed by atoms with Crippen molar-refractivity contribution in [2.45, 2.75) is 5.22 Å². The highest BCUT2D eigenvalue weighted by molar-refractivity contribution is 9.10. The summed E-state index contributed by atoms with van der Waals surface area (Å²) >= 11 is 10.8. The van der Waals surface area contributed by atoms with Crippen molar-refractivity contribution in [1.29, 1.82) is 0 Å². The van der Waals surface area contributed by atoms with Crippen molar-refractivity contribution in [3.05, 3.63) is 45.9 Å². The van der Waals surface area contributed by atoms with Crippen molar-refractivity contribution in [1.82, 2.24) is 10.2 Å². The standard InChI is InChI=1S/C18H16BrClN2O4S/c1-23-15-5-3-11(9-16(15)24-2)17-21-22-18(26-17)27-8-7-25-14-6-4-12(20)10-13(14)19/h3-6,9-10H,7-8H2,1-2H3. The Hall–Kier alpha value is -1.90. The zero-order valence-corrected chi connectivity index (χ0v) is 17.7. The Balaban J connectivity index is 1.56. The molecule has 0 bridgehead atoms. The zero-order chi connectivity index (χ0) is 19.2. The average molecular weight is 472 g/mol. The Kier molecular flexibility index (Phi) is 6.87. The van der Waals surface area contributed by atoms with Gasteiger partial charge in [-0.25, -0.2) is 0 Å². The lowest BCUT2D eigenvalue weighted by molar-refractivity contribution is 0.341. The lowest BCUT2D eigenvalue weighted by atomic mass is 10.2. The van der Waals surface area contributed by atoms with Gasteiger partial charge in [0.25, 0.3) is 5.22 Å². The van der Waals surface area contributed by atoms with Crippen LogP contribution < -0.4 is 14.2 Å². The van der Waals surface area contributed by atoms with Crippen LogP contribution in [0.15, 0.2) is 50.5 Å². The first-order chi connectivity index (χ1) is 13.1. The molecule has 0 unspecified atom stereocenters. The predicted molar refractivity (Wildman–Crippen MR) is 108 cm³/mol. The lowest BCUT2D eigenvalue weighted by Gasteiger charge is -2.07. The van der Waals surface area contributed by atoms with Crippen molar-refractivity contribution in [3.8, 4) is 28.7 Å². The van der Waals surface area contributed by atoms with Crippen molar-refractivity contribution in [2.24, 2.45) is 0 Å². The largest absolute Gasteiger partial charge is 0.493 e. The monoisotopic (exact) mass is 470 g/mol. The normalized spacial score (nSPS) is 10.7. The first-order valence-corrected chi connectivity index (χ1v) is 10.0. The maximum atomic E-state index is 5.91. The van der Waals surface area contributed by atoms with Gasteiger partial charge < -0.3 is 18.6 Å². The molecule has 1 heterocycles. The van der Waals surface area contributed by atoms with E-state index >= 15 is 0 Å². The van der Waals surface area contributed by atoms with Crippen molar-refractivity contribution >= 4 is 39.3 Å². The molecule has 1 aromatic heterocycles. The maximum Gasteiger partial charge on any atom is 0.276 e. The summed E-state index contributed by atoms with van der Waals surface area (Å²) in [6.07, 6.45) is 0. The fourth-order valence-corrected chi connectivity index (χ4v) is 3.60. The molecule has 0 radical (unpaired) electrons. The summed E-state index contributed by atoms with van der Waals surface area (Å²) < 4.78 is 22.7. The van der Waals surface area contributed by atoms with Gasteiger partial charge in [-0.05, 0) is 52.3 Å². The van der Waals surface area contributed by atoms with E-state index in [9.17, 15) is 0 Å². The maximum absolute atomic E-state index is 5.91. The Morgan fingerprint density at radius 1 is 1.04 bits per heavy atom. The van der Waals surface area contributed by atoms with Crippen molar-refractivity contribution in [2.75, 3.05) is 26.6 Å². The molecule has 3 aromatic rings. The molecule has 0 saturated heterocycles. The third kappa shape index (κ3) is 5.09. The second-order valence-corrected chi connectivity index (χ2v) is 7.55. The molecule has 0 fully saturated rings. The van der Waals surface area contributed by atoms with Crippen LogP contribution in [-0.4, -0.2) is 36.8 Å². The molecule has 0 N–H and O–H groups in total. The Morgan fingerprint density at radius 2 is 1.81 bits per heavy atom. The summed E-state index contributed by atoms with van der Waals surface area (Å²) in [5.74, 6) is 3.05. The predicted octanol–water partition coefficient (Wildman–Crippen LogP) is 5.34. The second-order valence-electron chi connectivity index (χ2n) is 5.21. The average Bonchev–Trinajstić information content (AvgIpc) is 3.15. The number of thioether (sulfide) groups is 1. The summed E-state index contributed by atoms with van der Waals surface area (Å²) in [6, 6.07) is 10.8. The van der Waals surface area contributed by atoms with Gasteiger partial charge in [-0.1, -0.05) is 23.4 Å². The number of nitrogens with zero attached hydrogens (tertiary/aromatic N) is 2. The fraction of sp³-hybridized carbons (Fsp3) is 0.222. The van der Waals surface area contributed by atoms with E-state index in [1.807, 2.05) is 12.1 Å². The number of ether oxygens (including phenoxy) is 3. The van der Waals surface area contributed by atoms with E-state index in [0.29, 0.717) is 40.0 Å². The third-order valence-corrected chi connectivity index (χ3v) is 5.13. The first-order valence-electron chi connectivity index (χ1n) is 7.87. The van der Waals surface area contributed by atoms with Crippen LogP contribution in [0.4, 0.5) is 0 Å². The highest BCUT2D eigenvalue weighted by Crippen LogP contribution is 2.33. The Morgan fingerprint density at radius 3 is 2.56 bits per heavy atom. The van der Waals surface area contributed by atoms with E-state index in [0.717, 1.165) is 15.8 Å². The van der Waals surface area contributed by atoms with Gasteiger partial charge in [0.05, 0.1) is 25.3 Å². The molecule has 27 heavy (non-hydrogen) atoms. The van der Waals surface area contributed by atoms with Crippen molar-refractivity contribution < 1.29 is 18.6 Å². The van der Waals surface area contributed by atoms with Crippen LogP contribution in [0.1, 0.15) is 0 Å². The summed E-state index contributed by atoms with van der Waals surface area (Å²) in [5, 5.41) is 9.26. The van der Waals surface area contributed by atoms with Crippen LogP contribution in [0, 0.1) is 0 Å². The number of hydrogen-bond donors (Lipinski definition) is 0. The summed E-state index contributed by atoms with van der Waals surface area (Å²) in [6.45, 7) is 0.485. The molecule has 0 saturated carbocycles. The second kappa shape index (κ2) is 9.34. The van der Waals surface area contributed by atoms with Crippen LogP contribution >= 0.6 is 39.3 Å². The first kappa shape index (κ1) is 19.9. The van der Waals surface area contributed by atoms with Crippen LogP contribution in [-0.2, 0) is 0 Å². The number of hydrogen-bond acceptors (Lipinski definition) is 7. The molecule has 2 aromatic carbocycles. The zero-order valence-electron chi connectivity index (χ0n) is 14.6. The van der Waals surface area contributed by atoms with E-state index < -0.39 is 0 Å². The number of aromatic nitrogens is 2. The molecule has 3 rings (SSSR count). The molecule has 0 aliphatic heterocycles. The number of halogens is 2. The van der Waals surface area contributed by atoms with E-state index in [1.54, 1.807) is 38.5 Å². The summed E-state index contributed by atoms with van der Waals surface area (Å²) in [7, 11) is 3.17. The van der Waals surface area contributed by atoms with Crippen LogP contribution in [0.25, 0.3) is 11.5 Å². The van der Waals surface area contributed by atoms with E-state index in [2.05, 4.69) is 26.1 Å². The number of methoxy groups -OCH3 is 2. The van der Waals surface area contributed by atoms with Gasteiger partial charge in [0.15, 0.2) is 11.5 Å². The molecule has 142 valence electrons. The molecule has 9 heteroatoms. The smallest absolute Gasteiger partial charge is 0.276 e. The van der Waals surface area contributed by atoms with E-state index in [4.69, 9.17) is 30.2 Å². The molecule has 0 atom stereocenters. The highest BCUT2D eigenvalue weighted by atomic mass is 79.9. The van der Waals surface area contributed by atoms with Crippen LogP contribution in [0.2, 0.25) is 5.02 Å². The van der Waals surface area contributed by atoms with E-state index in [1.165, 1.54) is 11.8 Å². The number of rotatable bonds is 8. The van der Waals surface area contributed by atoms with Gasteiger partial charge >= 0.3 is 0 Å². The van der Waals surface area contributed by atoms with Gasteiger partial charge in [-0.3, -0.25) is 0 Å². The van der Waals surface area contributed by atoms with E-state index in [-0.39, 0.29) is 0 Å². The SMILES string of the molecule is COc1ccc(-c2nnc(SCCOc3ccc(Cl)cc3Br)o2)cc1OC. The van der Waals surface area contributed by atoms with Gasteiger partial charge in [0.2, 0.25) is 5.89 Å². The Bertz CT molecular complexity index is 922. The Labute approximate surface area is 174 Å². The van der Waals surface area contributed by atoms with Gasteiger partial charge in [-0.2, -0.15) is 0 Å². The van der Waals surface area contributed by atoms with Gasteiger partial charge in [-0.15, -0.1) is 10.2 Å². The minimum absolute atomic E-state index is 0.416. The molecule has 0 aliphatic carbocycles. The van der Waals surface area contributed by atoms with Crippen molar-refractivity contribution in [3.63, 3.8) is 0 Å². The highest BCUT2D eigenvalue weighted by Gasteiger charge is 2.12. The number of benzene rings is 2. The minimum Gasteiger partial charge on any atom is -0.493 e. The topological polar surface area (TPSA) is 66.6 Å². The molecule has 0 spiro atoms. The van der Waals surface area contributed by atoms with Crippen LogP contribution in [0.3, 0.4) is 0 Å². The van der Waals surface area contributed by atoms with Gasteiger partial charge in [0.1, 0.15) is 5.75 Å². The molecular formula is C18H16BrClN2O4S. The molecule has 6 nitrogen and oxygen atoms in total. The fourth-order valence-electron chi connectivity index (χ4n) is 2.23. The minimum atomic E-state index is 0.416. The van der Waals surface area contributed by atoms with Gasteiger partial charge in [0, 0.05) is 16.3 Å².